The molecule has 0 fully saturated rings. The average Bonchev–Trinajstić information content (AvgIpc) is 3.23. The van der Waals surface area contributed by atoms with Crippen LogP contribution in [0, 0.1) is 5.92 Å². The molecule has 31 heavy (non-hydrogen) atoms. The van der Waals surface area contributed by atoms with Gasteiger partial charge in [-0.05, 0) is 42.5 Å². The van der Waals surface area contributed by atoms with E-state index in [9.17, 15) is 10.2 Å². The molecule has 0 saturated heterocycles. The zero-order chi connectivity index (χ0) is 22.5. The van der Waals surface area contributed by atoms with E-state index >= 15 is 0 Å². The van der Waals surface area contributed by atoms with E-state index in [2.05, 4.69) is 0 Å². The van der Waals surface area contributed by atoms with Crippen LogP contribution in [0.5, 0.6) is 34.5 Å². The van der Waals surface area contributed by atoms with E-state index in [1.807, 2.05) is 13.0 Å². The second kappa shape index (κ2) is 7.69. The maximum Gasteiger partial charge on any atom is 0.231 e. The van der Waals surface area contributed by atoms with E-state index in [0.29, 0.717) is 57.6 Å². The Morgan fingerprint density at radius 2 is 1.61 bits per heavy atom. The molecule has 4 rings (SSSR count). The van der Waals surface area contributed by atoms with E-state index in [-0.39, 0.29) is 12.7 Å². The summed E-state index contributed by atoms with van der Waals surface area (Å²) in [4.78, 5) is 0. The molecule has 168 valence electrons. The van der Waals surface area contributed by atoms with Gasteiger partial charge in [0.25, 0.3) is 0 Å². The van der Waals surface area contributed by atoms with Crippen LogP contribution in [0.15, 0.2) is 12.1 Å². The third-order valence-electron chi connectivity index (χ3n) is 6.39. The summed E-state index contributed by atoms with van der Waals surface area (Å²) in [6, 6.07) is 3.56. The van der Waals surface area contributed by atoms with Gasteiger partial charge >= 0.3 is 0 Å². The summed E-state index contributed by atoms with van der Waals surface area (Å²) in [5.74, 6) is 2.34. The van der Waals surface area contributed by atoms with Crippen LogP contribution in [-0.4, -0.2) is 51.0 Å². The van der Waals surface area contributed by atoms with Crippen LogP contribution in [0.25, 0.3) is 11.1 Å². The smallest absolute Gasteiger partial charge is 0.231 e. The van der Waals surface area contributed by atoms with Crippen molar-refractivity contribution in [1.29, 1.82) is 0 Å². The average molecular weight is 432 g/mol. The molecule has 0 unspecified atom stereocenters. The highest BCUT2D eigenvalue weighted by molar-refractivity contribution is 5.89. The van der Waals surface area contributed by atoms with Crippen molar-refractivity contribution in [3.8, 4) is 45.6 Å². The minimum absolute atomic E-state index is 0.0837. The normalized spacial score (nSPS) is 23.9. The number of aliphatic hydroxyl groups is 2. The van der Waals surface area contributed by atoms with Crippen molar-refractivity contribution in [3.63, 3.8) is 0 Å². The predicted octanol–water partition coefficient (Wildman–Crippen LogP) is 3.09. The molecule has 0 spiro atoms. The van der Waals surface area contributed by atoms with Gasteiger partial charge in [0.1, 0.15) is 6.10 Å². The van der Waals surface area contributed by atoms with Crippen LogP contribution in [0.1, 0.15) is 31.1 Å². The Morgan fingerprint density at radius 3 is 2.23 bits per heavy atom. The highest BCUT2D eigenvalue weighted by Crippen LogP contribution is 2.58. The SMILES string of the molecule is COc1cc2c(c(OC)c1OC)-c1c(cc3c(c1OC)OCO3)C[C@H](C)[C@@](C)(O)[C@H]2O. The van der Waals surface area contributed by atoms with Gasteiger partial charge in [-0.3, -0.25) is 0 Å². The summed E-state index contributed by atoms with van der Waals surface area (Å²) in [5.41, 5.74) is 1.11. The predicted molar refractivity (Wildman–Crippen MR) is 113 cm³/mol. The van der Waals surface area contributed by atoms with Gasteiger partial charge in [0.2, 0.25) is 18.3 Å². The number of rotatable bonds is 4. The van der Waals surface area contributed by atoms with Gasteiger partial charge in [-0.15, -0.1) is 0 Å². The van der Waals surface area contributed by atoms with Crippen molar-refractivity contribution in [3.05, 3.63) is 23.3 Å². The van der Waals surface area contributed by atoms with Crippen LogP contribution < -0.4 is 28.4 Å². The Balaban J connectivity index is 2.19. The summed E-state index contributed by atoms with van der Waals surface area (Å²) >= 11 is 0. The van der Waals surface area contributed by atoms with Crippen LogP contribution in [-0.2, 0) is 6.42 Å². The molecule has 2 N–H and O–H groups in total. The fraction of sp³-hybridized carbons (Fsp3) is 0.478. The van der Waals surface area contributed by atoms with Crippen molar-refractivity contribution in [2.24, 2.45) is 5.92 Å². The molecule has 0 radical (unpaired) electrons. The standard InChI is InChI=1S/C23H28O8/c1-11-7-12-8-15-19(31-10-30-15)20(28-5)16(12)17-13(22(24)23(11,2)25)9-14(26-3)18(27-4)21(17)29-6/h8-9,11,22,24-25H,7,10H2,1-6H3/t11-,22-,23+/m0/s1. The second-order valence-corrected chi connectivity index (χ2v) is 8.02. The molecule has 3 atom stereocenters. The first kappa shape index (κ1) is 21.4. The molecule has 1 aliphatic carbocycles. The van der Waals surface area contributed by atoms with Crippen molar-refractivity contribution < 1.29 is 38.6 Å². The summed E-state index contributed by atoms with van der Waals surface area (Å²) in [5, 5.41) is 22.7. The molecule has 8 nitrogen and oxygen atoms in total. The fourth-order valence-electron chi connectivity index (χ4n) is 4.46. The Labute approximate surface area is 181 Å². The number of benzene rings is 2. The fourth-order valence-corrected chi connectivity index (χ4v) is 4.46. The van der Waals surface area contributed by atoms with Gasteiger partial charge in [-0.1, -0.05) is 6.92 Å². The maximum absolute atomic E-state index is 11.4. The van der Waals surface area contributed by atoms with Gasteiger partial charge in [0.05, 0.1) is 34.0 Å². The maximum atomic E-state index is 11.4. The van der Waals surface area contributed by atoms with E-state index < -0.39 is 11.7 Å². The number of hydrogen-bond donors (Lipinski definition) is 2. The van der Waals surface area contributed by atoms with Gasteiger partial charge in [0.15, 0.2) is 23.0 Å². The lowest BCUT2D eigenvalue weighted by atomic mass is 9.73. The zero-order valence-corrected chi connectivity index (χ0v) is 18.6. The van der Waals surface area contributed by atoms with E-state index in [1.54, 1.807) is 20.1 Å². The molecule has 0 amide bonds. The number of methoxy groups -OCH3 is 4. The van der Waals surface area contributed by atoms with Gasteiger partial charge in [-0.2, -0.15) is 0 Å². The summed E-state index contributed by atoms with van der Waals surface area (Å²) in [6.45, 7) is 3.61. The Kier molecular flexibility index (Phi) is 5.31. The Hall–Kier alpha value is -2.84. The van der Waals surface area contributed by atoms with Crippen LogP contribution >= 0.6 is 0 Å². The van der Waals surface area contributed by atoms with Crippen molar-refractivity contribution in [1.82, 2.24) is 0 Å². The van der Waals surface area contributed by atoms with Gasteiger partial charge < -0.3 is 38.6 Å². The topological polar surface area (TPSA) is 95.8 Å². The molecule has 8 heteroatoms. The summed E-state index contributed by atoms with van der Waals surface area (Å²) in [7, 11) is 6.09. The minimum Gasteiger partial charge on any atom is -0.493 e. The van der Waals surface area contributed by atoms with E-state index in [4.69, 9.17) is 28.4 Å². The molecule has 0 bridgehead atoms. The van der Waals surface area contributed by atoms with Crippen LogP contribution in [0.3, 0.4) is 0 Å². The number of aliphatic hydroxyl groups excluding tert-OH is 1. The monoisotopic (exact) mass is 432 g/mol. The molecule has 0 saturated carbocycles. The molecular formula is C23H28O8. The minimum atomic E-state index is -1.43. The van der Waals surface area contributed by atoms with Crippen molar-refractivity contribution >= 4 is 0 Å². The van der Waals surface area contributed by atoms with Crippen LogP contribution in [0.4, 0.5) is 0 Å². The lowest BCUT2D eigenvalue weighted by Crippen LogP contribution is -2.41. The number of fused-ring (bicyclic) bond motifs is 4. The highest BCUT2D eigenvalue weighted by Gasteiger charge is 2.44. The number of hydrogen-bond acceptors (Lipinski definition) is 8. The first-order chi connectivity index (χ1) is 14.8. The number of ether oxygens (including phenoxy) is 6. The molecule has 2 aromatic carbocycles. The molecule has 1 heterocycles. The van der Waals surface area contributed by atoms with Crippen LogP contribution in [0.2, 0.25) is 0 Å². The molecular weight excluding hydrogens is 404 g/mol. The largest absolute Gasteiger partial charge is 0.493 e. The van der Waals surface area contributed by atoms with Crippen molar-refractivity contribution in [2.75, 3.05) is 35.2 Å². The van der Waals surface area contributed by atoms with Crippen molar-refractivity contribution in [2.45, 2.75) is 32.0 Å². The zero-order valence-electron chi connectivity index (χ0n) is 18.6. The lowest BCUT2D eigenvalue weighted by Gasteiger charge is -2.39. The third kappa shape index (κ3) is 3.04. The molecule has 1 aliphatic heterocycles. The van der Waals surface area contributed by atoms with Gasteiger partial charge in [-0.25, -0.2) is 0 Å². The lowest BCUT2D eigenvalue weighted by molar-refractivity contribution is -0.0989. The second-order valence-electron chi connectivity index (χ2n) is 8.02. The quantitative estimate of drug-likeness (QED) is 0.761. The van der Waals surface area contributed by atoms with E-state index in [0.717, 1.165) is 5.56 Å². The Morgan fingerprint density at radius 1 is 0.935 bits per heavy atom. The first-order valence-electron chi connectivity index (χ1n) is 10.0. The van der Waals surface area contributed by atoms with Gasteiger partial charge in [0, 0.05) is 11.1 Å². The molecule has 2 aliphatic rings. The van der Waals surface area contributed by atoms with E-state index in [1.165, 1.54) is 21.3 Å². The summed E-state index contributed by atoms with van der Waals surface area (Å²) in [6.07, 6.45) is -0.766. The molecule has 0 aromatic heterocycles. The molecule has 2 aromatic rings. The first-order valence-corrected chi connectivity index (χ1v) is 10.0. The Bertz CT molecular complexity index is 1010. The summed E-state index contributed by atoms with van der Waals surface area (Å²) < 4.78 is 34.0. The highest BCUT2D eigenvalue weighted by atomic mass is 16.7. The third-order valence-corrected chi connectivity index (χ3v) is 6.39.